The van der Waals surface area contributed by atoms with E-state index in [1.807, 2.05) is 78.0 Å². The van der Waals surface area contributed by atoms with E-state index in [0.717, 1.165) is 5.56 Å². The van der Waals surface area contributed by atoms with Crippen LogP contribution in [0.4, 0.5) is 0 Å². The number of hydrogen-bond acceptors (Lipinski definition) is 20. The Labute approximate surface area is 509 Å². The molecule has 0 amide bonds. The summed E-state index contributed by atoms with van der Waals surface area (Å²) in [5.74, 6) is 7.41. The molecular formula is C69H62O20. The average Bonchev–Trinajstić information content (AvgIpc) is 2.08. The Morgan fingerprint density at radius 2 is 0.685 bits per heavy atom. The largest absolute Gasteiger partial charge is 0.496 e. The van der Waals surface area contributed by atoms with Crippen LogP contribution >= 0.6 is 0 Å². The van der Waals surface area contributed by atoms with Crippen molar-refractivity contribution < 1.29 is 79.6 Å². The van der Waals surface area contributed by atoms with Crippen molar-refractivity contribution in [3.8, 4) is 114 Å². The van der Waals surface area contributed by atoms with Gasteiger partial charge in [0.2, 0.25) is 29.9 Å². The number of methoxy groups -OCH3 is 7. The zero-order valence-corrected chi connectivity index (χ0v) is 51.0. The summed E-state index contributed by atoms with van der Waals surface area (Å²) < 4.78 is 95.8. The van der Waals surface area contributed by atoms with Crippen LogP contribution in [0.2, 0.25) is 0 Å². The van der Waals surface area contributed by atoms with Crippen LogP contribution in [0, 0.1) is 0 Å². The van der Waals surface area contributed by atoms with E-state index in [0.29, 0.717) is 158 Å². The summed E-state index contributed by atoms with van der Waals surface area (Å²) in [5, 5.41) is 1.23. The van der Waals surface area contributed by atoms with Crippen molar-refractivity contribution in [2.45, 2.75) is 58.3 Å². The second-order valence-electron chi connectivity index (χ2n) is 22.5. The quantitative estimate of drug-likeness (QED) is 0.124. The van der Waals surface area contributed by atoms with Gasteiger partial charge in [0.15, 0.2) is 57.5 Å². The number of ether oxygens (including phenoxy) is 14. The van der Waals surface area contributed by atoms with Gasteiger partial charge in [-0.2, -0.15) is 0 Å². The summed E-state index contributed by atoms with van der Waals surface area (Å²) in [6, 6.07) is 17.1. The molecular weight excluding hydrogens is 1150 g/mol. The molecule has 8 heterocycles. The lowest BCUT2D eigenvalue weighted by atomic mass is 9.98. The zero-order chi connectivity index (χ0) is 62.8. The standard InChI is InChI=1S/C24H24O7.C23H20O7.C22H18O6/c1-24(2)8-7-13-22-15(10-20(29-6)23(13)31-24)21(25)16(12-30-22)14-9-18(27-4)19(28-5)11-17(14)26-3;1-23(2)6-5-12-21-14(8-19(26-4)22(12)30-23)20(24)15(10-27-21)13-7-17-18(29-11-28-17)9-16(13)25-3;1-22(2)7-6-12-16(28-22)5-4-13-20(23)15(10-25-21(12)13)14-8-18-19(27-11-26-18)9-17(14)24-3/h7-12H,1-6H3;5-10H,11H2,1-4H3;4-10H,11H2,1-3H3. The van der Waals surface area contributed by atoms with Crippen LogP contribution in [0.15, 0.2) is 125 Å². The topological polar surface area (TPSA) is 220 Å². The van der Waals surface area contributed by atoms with Gasteiger partial charge in [0.1, 0.15) is 75.3 Å². The third-order valence-corrected chi connectivity index (χ3v) is 15.4. The molecule has 0 spiro atoms. The van der Waals surface area contributed by atoms with Crippen molar-refractivity contribution in [2.24, 2.45) is 0 Å². The van der Waals surface area contributed by atoms with Crippen LogP contribution in [0.5, 0.6) is 80.5 Å². The van der Waals surface area contributed by atoms with E-state index in [1.165, 1.54) is 47.2 Å². The van der Waals surface area contributed by atoms with Crippen molar-refractivity contribution >= 4 is 51.1 Å². The minimum atomic E-state index is -0.499. The fourth-order valence-electron chi connectivity index (χ4n) is 10.9. The molecule has 6 aromatic carbocycles. The van der Waals surface area contributed by atoms with Crippen molar-refractivity contribution in [2.75, 3.05) is 63.4 Å². The molecule has 3 aromatic heterocycles. The van der Waals surface area contributed by atoms with Gasteiger partial charge in [-0.05, 0) is 120 Å². The van der Waals surface area contributed by atoms with Crippen LogP contribution in [0.1, 0.15) is 58.2 Å². The third kappa shape index (κ3) is 10.5. The molecule has 0 saturated heterocycles. The molecule has 5 aliphatic rings. The van der Waals surface area contributed by atoms with Crippen LogP contribution in [0.25, 0.3) is 84.5 Å². The normalized spacial score (nSPS) is 15.2. The first-order valence-corrected chi connectivity index (χ1v) is 28.0. The van der Waals surface area contributed by atoms with Crippen molar-refractivity contribution in [1.82, 2.24) is 0 Å². The number of rotatable bonds is 10. The van der Waals surface area contributed by atoms with E-state index < -0.39 is 16.8 Å². The maximum atomic E-state index is 13.5. The van der Waals surface area contributed by atoms with E-state index in [4.69, 9.17) is 79.6 Å². The lowest BCUT2D eigenvalue weighted by molar-refractivity contribution is 0.152. The molecule has 14 rings (SSSR count). The first-order valence-electron chi connectivity index (χ1n) is 28.0. The Kier molecular flexibility index (Phi) is 14.9. The van der Waals surface area contributed by atoms with Crippen molar-refractivity contribution in [1.29, 1.82) is 0 Å². The highest BCUT2D eigenvalue weighted by Gasteiger charge is 2.32. The van der Waals surface area contributed by atoms with Gasteiger partial charge in [-0.1, -0.05) is 0 Å². The fraction of sp³-hybridized carbons (Fsp3) is 0.261. The maximum absolute atomic E-state index is 13.5. The molecule has 0 bridgehead atoms. The summed E-state index contributed by atoms with van der Waals surface area (Å²) in [5.41, 5.74) is 4.21. The van der Waals surface area contributed by atoms with Gasteiger partial charge in [0.05, 0.1) is 99.3 Å². The second kappa shape index (κ2) is 22.6. The summed E-state index contributed by atoms with van der Waals surface area (Å²) in [6.07, 6.45) is 15.8. The lowest BCUT2D eigenvalue weighted by Gasteiger charge is -2.29. The van der Waals surface area contributed by atoms with Gasteiger partial charge in [-0.15, -0.1) is 0 Å². The molecule has 0 N–H and O–H groups in total. The SMILES string of the molecule is COc1cc(OC)c(-c2coc3c4c(c(OC)cc3c2=O)OC(C)(C)C=C4)cc1OC.COc1cc2c(cc1-c1coc3c4c(c(OC)cc3c1=O)OC(C)(C)C=C4)OCO2.COc1cc2c(cc1-c1coc3c4c(ccc3c1=O)OC(C)(C)C=C4)OCO2. The van der Waals surface area contributed by atoms with Gasteiger partial charge in [0, 0.05) is 34.9 Å². The number of benzene rings is 6. The Balaban J connectivity index is 0.000000130. The van der Waals surface area contributed by atoms with Crippen LogP contribution in [0.3, 0.4) is 0 Å². The van der Waals surface area contributed by atoms with Gasteiger partial charge in [0.25, 0.3) is 0 Å². The Hall–Kier alpha value is -10.6. The molecule has 0 unspecified atom stereocenters. The minimum absolute atomic E-state index is 0.125. The molecule has 458 valence electrons. The molecule has 5 aliphatic heterocycles. The van der Waals surface area contributed by atoms with Gasteiger partial charge < -0.3 is 79.6 Å². The van der Waals surface area contributed by atoms with Crippen molar-refractivity contribution in [3.05, 3.63) is 145 Å². The van der Waals surface area contributed by atoms with E-state index in [1.54, 1.807) is 82.0 Å². The average molecular weight is 1210 g/mol. The molecule has 89 heavy (non-hydrogen) atoms. The highest BCUT2D eigenvalue weighted by Crippen LogP contribution is 2.48. The van der Waals surface area contributed by atoms with Crippen molar-refractivity contribution in [3.63, 3.8) is 0 Å². The first-order chi connectivity index (χ1) is 42.7. The lowest BCUT2D eigenvalue weighted by Crippen LogP contribution is -2.28. The molecule has 20 heteroatoms. The molecule has 0 aliphatic carbocycles. The predicted octanol–water partition coefficient (Wildman–Crippen LogP) is 13.5. The Morgan fingerprint density at radius 1 is 0.337 bits per heavy atom. The highest BCUT2D eigenvalue weighted by atomic mass is 16.7. The first kappa shape index (κ1) is 58.7. The molecule has 20 nitrogen and oxygen atoms in total. The molecule has 9 aromatic rings. The van der Waals surface area contributed by atoms with E-state index in [2.05, 4.69) is 0 Å². The van der Waals surface area contributed by atoms with Gasteiger partial charge in [-0.3, -0.25) is 14.4 Å². The third-order valence-electron chi connectivity index (χ3n) is 15.4. The fourth-order valence-corrected chi connectivity index (χ4v) is 10.9. The summed E-state index contributed by atoms with van der Waals surface area (Å²) in [4.78, 5) is 40.3. The maximum Gasteiger partial charge on any atom is 0.231 e. The Morgan fingerprint density at radius 3 is 1.11 bits per heavy atom. The van der Waals surface area contributed by atoms with E-state index in [-0.39, 0.29) is 29.9 Å². The molecule has 0 saturated carbocycles. The number of hydrogen-bond donors (Lipinski definition) is 0. The smallest absolute Gasteiger partial charge is 0.231 e. The van der Waals surface area contributed by atoms with E-state index >= 15 is 0 Å². The predicted molar refractivity (Wildman–Crippen MR) is 333 cm³/mol. The monoisotopic (exact) mass is 1210 g/mol. The van der Waals surface area contributed by atoms with Crippen LogP contribution in [-0.2, 0) is 0 Å². The zero-order valence-electron chi connectivity index (χ0n) is 51.0. The minimum Gasteiger partial charge on any atom is -0.496 e. The molecule has 0 atom stereocenters. The Bertz CT molecular complexity index is 4650. The van der Waals surface area contributed by atoms with Crippen LogP contribution in [-0.4, -0.2) is 80.2 Å². The molecule has 0 radical (unpaired) electrons. The summed E-state index contributed by atoms with van der Waals surface area (Å²) in [7, 11) is 10.8. The van der Waals surface area contributed by atoms with Gasteiger partial charge in [-0.25, -0.2) is 0 Å². The summed E-state index contributed by atoms with van der Waals surface area (Å²) in [6.45, 7) is 12.0. The van der Waals surface area contributed by atoms with E-state index in [9.17, 15) is 14.4 Å². The van der Waals surface area contributed by atoms with Crippen LogP contribution < -0.4 is 82.6 Å². The second-order valence-corrected chi connectivity index (χ2v) is 22.5. The summed E-state index contributed by atoms with van der Waals surface area (Å²) >= 11 is 0. The highest BCUT2D eigenvalue weighted by molar-refractivity contribution is 5.96. The number of fused-ring (bicyclic) bond motifs is 11. The van der Waals surface area contributed by atoms with Gasteiger partial charge >= 0.3 is 0 Å². The molecule has 0 fully saturated rings.